The average molecular weight is 270 g/mol. The Labute approximate surface area is 110 Å². The summed E-state index contributed by atoms with van der Waals surface area (Å²) < 4.78 is 5.08. The molecule has 0 unspecified atom stereocenters. The van der Waals surface area contributed by atoms with Crippen molar-refractivity contribution in [2.24, 2.45) is 5.18 Å². The molecule has 7 nitrogen and oxygen atoms in total. The van der Waals surface area contributed by atoms with Gasteiger partial charge < -0.3 is 4.42 Å². The van der Waals surface area contributed by atoms with Crippen molar-refractivity contribution in [3.63, 3.8) is 0 Å². The summed E-state index contributed by atoms with van der Waals surface area (Å²) in [6.07, 6.45) is 0. The number of non-ortho nitro benzene ring substituents is 1. The third kappa shape index (κ3) is 1.64. The van der Waals surface area contributed by atoms with E-state index in [2.05, 4.69) is 5.18 Å². The molecule has 0 bridgehead atoms. The van der Waals surface area contributed by atoms with E-state index in [1.807, 2.05) is 0 Å². The Morgan fingerprint density at radius 1 is 1.15 bits per heavy atom. The van der Waals surface area contributed by atoms with Gasteiger partial charge in [-0.2, -0.15) is 0 Å². The molecule has 1 aromatic heterocycles. The molecule has 0 radical (unpaired) electrons. The Morgan fingerprint density at radius 2 is 1.95 bits per heavy atom. The number of nitro groups is 1. The summed E-state index contributed by atoms with van der Waals surface area (Å²) in [7, 11) is 0. The molecule has 20 heavy (non-hydrogen) atoms. The zero-order valence-corrected chi connectivity index (χ0v) is 9.90. The number of hydrogen-bond acceptors (Lipinski definition) is 6. The van der Waals surface area contributed by atoms with Crippen molar-refractivity contribution in [2.75, 3.05) is 0 Å². The summed E-state index contributed by atoms with van der Waals surface area (Å²) in [5, 5.41) is 14.5. The molecule has 0 saturated heterocycles. The van der Waals surface area contributed by atoms with Crippen molar-refractivity contribution in [3.05, 3.63) is 61.8 Å². The number of rotatable bonds is 2. The number of fused-ring (bicyclic) bond motifs is 3. The molecule has 0 N–H and O–H groups in total. The van der Waals surface area contributed by atoms with E-state index >= 15 is 0 Å². The molecule has 3 aromatic rings. The largest absolute Gasteiger partial charge is 0.422 e. The second-order valence-electron chi connectivity index (χ2n) is 4.12. The zero-order valence-electron chi connectivity index (χ0n) is 9.90. The van der Waals surface area contributed by atoms with Gasteiger partial charge in [0.15, 0.2) is 0 Å². The fourth-order valence-corrected chi connectivity index (χ4v) is 2.16. The summed E-state index contributed by atoms with van der Waals surface area (Å²) in [4.78, 5) is 32.9. The molecular weight excluding hydrogens is 264 g/mol. The van der Waals surface area contributed by atoms with Gasteiger partial charge in [0, 0.05) is 17.5 Å². The fourth-order valence-electron chi connectivity index (χ4n) is 2.16. The lowest BCUT2D eigenvalue weighted by Crippen LogP contribution is -2.01. The van der Waals surface area contributed by atoms with Crippen molar-refractivity contribution in [2.45, 2.75) is 0 Å². The first-order valence-corrected chi connectivity index (χ1v) is 5.59. The molecule has 0 aliphatic carbocycles. The van der Waals surface area contributed by atoms with E-state index in [9.17, 15) is 19.8 Å². The van der Waals surface area contributed by atoms with Crippen LogP contribution in [0.3, 0.4) is 0 Å². The van der Waals surface area contributed by atoms with E-state index in [1.54, 1.807) is 0 Å². The number of hydrogen-bond donors (Lipinski definition) is 0. The van der Waals surface area contributed by atoms with E-state index in [-0.39, 0.29) is 27.7 Å². The van der Waals surface area contributed by atoms with Gasteiger partial charge >= 0.3 is 5.63 Å². The van der Waals surface area contributed by atoms with Crippen LogP contribution < -0.4 is 5.63 Å². The highest BCUT2D eigenvalue weighted by molar-refractivity contribution is 6.09. The fraction of sp³-hybridized carbons (Fsp3) is 0. The van der Waals surface area contributed by atoms with Crippen LogP contribution in [0.2, 0.25) is 0 Å². The summed E-state index contributed by atoms with van der Waals surface area (Å²) in [6.45, 7) is 0. The monoisotopic (exact) mass is 270 g/mol. The molecule has 0 spiro atoms. The van der Waals surface area contributed by atoms with Gasteiger partial charge in [0.1, 0.15) is 11.3 Å². The van der Waals surface area contributed by atoms with Gasteiger partial charge in [-0.15, -0.1) is 4.91 Å². The predicted octanol–water partition coefficient (Wildman–Crippen LogP) is 3.25. The number of nitrogens with zero attached hydrogens (tertiary/aromatic N) is 2. The van der Waals surface area contributed by atoms with Crippen LogP contribution >= 0.6 is 0 Å². The average Bonchev–Trinajstić information content (AvgIpc) is 2.46. The smallest absolute Gasteiger partial charge is 0.344 e. The summed E-state index contributed by atoms with van der Waals surface area (Å²) in [5.74, 6) is 0. The number of benzene rings is 2. The molecule has 1 heterocycles. The lowest BCUT2D eigenvalue weighted by molar-refractivity contribution is -0.383. The van der Waals surface area contributed by atoms with E-state index in [4.69, 9.17) is 4.42 Å². The molecule has 0 fully saturated rings. The summed E-state index contributed by atoms with van der Waals surface area (Å²) in [5.41, 5.74) is -0.709. The molecule has 0 amide bonds. The van der Waals surface area contributed by atoms with Crippen LogP contribution in [0.4, 0.5) is 11.4 Å². The first-order valence-electron chi connectivity index (χ1n) is 5.59. The molecular formula is C13H6N2O5. The summed E-state index contributed by atoms with van der Waals surface area (Å²) in [6, 6.07) is 8.35. The Balaban J connectivity index is 2.60. The molecule has 98 valence electrons. The van der Waals surface area contributed by atoms with Crippen molar-refractivity contribution in [1.82, 2.24) is 0 Å². The van der Waals surface area contributed by atoms with Crippen LogP contribution in [0.1, 0.15) is 0 Å². The van der Waals surface area contributed by atoms with Crippen molar-refractivity contribution in [3.8, 4) is 0 Å². The zero-order chi connectivity index (χ0) is 14.3. The minimum absolute atomic E-state index is 0.0820. The second kappa shape index (κ2) is 4.23. The lowest BCUT2D eigenvalue weighted by atomic mass is 10.1. The van der Waals surface area contributed by atoms with Gasteiger partial charge in [-0.25, -0.2) is 4.79 Å². The van der Waals surface area contributed by atoms with Crippen LogP contribution in [0.5, 0.6) is 0 Å². The predicted molar refractivity (Wildman–Crippen MR) is 72.1 cm³/mol. The highest BCUT2D eigenvalue weighted by atomic mass is 16.6. The van der Waals surface area contributed by atoms with Crippen LogP contribution in [0, 0.1) is 15.0 Å². The van der Waals surface area contributed by atoms with Gasteiger partial charge in [0.05, 0.1) is 15.7 Å². The van der Waals surface area contributed by atoms with Gasteiger partial charge in [0.2, 0.25) is 0 Å². The van der Waals surface area contributed by atoms with E-state index in [1.165, 1.54) is 36.4 Å². The highest BCUT2D eigenvalue weighted by Crippen LogP contribution is 2.32. The van der Waals surface area contributed by atoms with Crippen molar-refractivity contribution >= 4 is 33.1 Å². The van der Waals surface area contributed by atoms with E-state index < -0.39 is 10.5 Å². The Hall–Kier alpha value is -3.09. The maximum Gasteiger partial charge on any atom is 0.344 e. The molecule has 2 aromatic carbocycles. The third-order valence-corrected chi connectivity index (χ3v) is 3.00. The minimum Gasteiger partial charge on any atom is -0.422 e. The van der Waals surface area contributed by atoms with Crippen LogP contribution in [0.25, 0.3) is 21.7 Å². The molecule has 0 aliphatic heterocycles. The van der Waals surface area contributed by atoms with E-state index in [0.29, 0.717) is 5.39 Å². The van der Waals surface area contributed by atoms with Crippen molar-refractivity contribution in [1.29, 1.82) is 0 Å². The first-order chi connectivity index (χ1) is 9.61. The quantitative estimate of drug-likeness (QED) is 0.234. The normalized spacial score (nSPS) is 10.8. The van der Waals surface area contributed by atoms with Gasteiger partial charge in [-0.1, -0.05) is 6.07 Å². The summed E-state index contributed by atoms with van der Waals surface area (Å²) >= 11 is 0. The van der Waals surface area contributed by atoms with Gasteiger partial charge in [0.25, 0.3) is 5.69 Å². The molecule has 0 atom stereocenters. The third-order valence-electron chi connectivity index (χ3n) is 3.00. The van der Waals surface area contributed by atoms with Crippen LogP contribution in [-0.2, 0) is 0 Å². The van der Waals surface area contributed by atoms with Gasteiger partial charge in [-0.05, 0) is 23.4 Å². The topological polar surface area (TPSA) is 103 Å². The lowest BCUT2D eigenvalue weighted by Gasteiger charge is -2.03. The molecule has 3 rings (SSSR count). The Kier molecular flexibility index (Phi) is 2.53. The Morgan fingerprint density at radius 3 is 2.65 bits per heavy atom. The maximum atomic E-state index is 11.9. The van der Waals surface area contributed by atoms with Gasteiger partial charge in [-0.3, -0.25) is 10.1 Å². The molecule has 0 saturated carbocycles. The SMILES string of the molecule is O=Nc1ccc2c(c1)oc(=O)c1cccc([N+](=O)[O-])c12. The maximum absolute atomic E-state index is 11.9. The standard InChI is InChI=1S/C13H6N2O5/c16-13-9-2-1-3-10(15(18)19)12(9)8-5-4-7(14-17)6-11(8)20-13/h1-6H. The van der Waals surface area contributed by atoms with E-state index in [0.717, 1.165) is 0 Å². The van der Waals surface area contributed by atoms with Crippen LogP contribution in [0.15, 0.2) is 50.8 Å². The molecule has 7 heteroatoms. The molecule has 0 aliphatic rings. The Bertz CT molecular complexity index is 929. The highest BCUT2D eigenvalue weighted by Gasteiger charge is 2.18. The number of nitroso groups, excluding NO2 is 1. The minimum atomic E-state index is -0.695. The second-order valence-corrected chi connectivity index (χ2v) is 4.12. The van der Waals surface area contributed by atoms with Crippen molar-refractivity contribution < 1.29 is 9.34 Å². The first kappa shape index (κ1) is 12.0. The number of nitro benzene ring substituents is 1. The van der Waals surface area contributed by atoms with Crippen LogP contribution in [-0.4, -0.2) is 4.92 Å².